The normalized spacial score (nSPS) is 10.2. The van der Waals surface area contributed by atoms with Gasteiger partial charge >= 0.3 is 0 Å². The summed E-state index contributed by atoms with van der Waals surface area (Å²) in [5.74, 6) is 0.442. The Morgan fingerprint density at radius 1 is 1.47 bits per heavy atom. The van der Waals surface area contributed by atoms with Crippen LogP contribution in [0.25, 0.3) is 0 Å². The molecule has 17 heavy (non-hydrogen) atoms. The minimum Gasteiger partial charge on any atom is -0.352 e. The number of carbonyl (C=O) groups excluding carboxylic acids is 1. The molecule has 0 aliphatic heterocycles. The molecule has 0 spiro atoms. The van der Waals surface area contributed by atoms with Gasteiger partial charge < -0.3 is 9.84 Å². The van der Waals surface area contributed by atoms with Gasteiger partial charge in [-0.3, -0.25) is 4.79 Å². The molecule has 0 bridgehead atoms. The minimum absolute atomic E-state index is 0.135. The molecule has 2 rings (SSSR count). The number of nitrogens with one attached hydrogen (secondary N) is 1. The van der Waals surface area contributed by atoms with Crippen LogP contribution in [0.3, 0.4) is 0 Å². The average Bonchev–Trinajstić information content (AvgIpc) is 2.82. The van der Waals surface area contributed by atoms with Crippen LogP contribution in [0.4, 0.5) is 0 Å². The van der Waals surface area contributed by atoms with Crippen molar-refractivity contribution in [2.24, 2.45) is 0 Å². The molecule has 0 atom stereocenters. The lowest BCUT2D eigenvalue weighted by Gasteiger charge is -2.03. The largest absolute Gasteiger partial charge is 0.352 e. The van der Waals surface area contributed by atoms with E-state index in [9.17, 15) is 4.79 Å². The molecule has 0 radical (unpaired) electrons. The van der Waals surface area contributed by atoms with Gasteiger partial charge in [0.05, 0.1) is 0 Å². The summed E-state index contributed by atoms with van der Waals surface area (Å²) in [4.78, 5) is 16.3. The Kier molecular flexibility index (Phi) is 3.77. The highest BCUT2D eigenvalue weighted by Crippen LogP contribution is 2.08. The highest BCUT2D eigenvalue weighted by molar-refractivity contribution is 7.80. The molecule has 1 N–H and O–H groups in total. The van der Waals surface area contributed by atoms with Gasteiger partial charge in [-0.05, 0) is 18.2 Å². The Hall–Kier alpha value is -1.82. The predicted octanol–water partition coefficient (Wildman–Crippen LogP) is 1.33. The molecule has 2 aromatic rings. The summed E-state index contributed by atoms with van der Waals surface area (Å²) >= 11 is 4.18. The molecule has 88 valence electrons. The molecule has 5 nitrogen and oxygen atoms in total. The van der Waals surface area contributed by atoms with E-state index in [1.54, 1.807) is 18.2 Å². The van der Waals surface area contributed by atoms with E-state index in [2.05, 4.69) is 32.6 Å². The molecular weight excluding hydrogens is 238 g/mol. The van der Waals surface area contributed by atoms with Crippen molar-refractivity contribution in [3.63, 3.8) is 0 Å². The number of thiol groups is 1. The highest BCUT2D eigenvalue weighted by atomic mass is 32.1. The van der Waals surface area contributed by atoms with Crippen molar-refractivity contribution < 1.29 is 9.32 Å². The molecule has 0 saturated heterocycles. The topological polar surface area (TPSA) is 68.0 Å². The molecule has 0 aliphatic rings. The number of rotatable bonds is 4. The monoisotopic (exact) mass is 249 g/mol. The van der Waals surface area contributed by atoms with Gasteiger partial charge in [-0.25, -0.2) is 0 Å². The van der Waals surface area contributed by atoms with Crippen LogP contribution in [0.2, 0.25) is 0 Å². The lowest BCUT2D eigenvalue weighted by molar-refractivity contribution is 0.0953. The first kappa shape index (κ1) is 11.7. The molecule has 0 unspecified atom stereocenters. The molecule has 6 heteroatoms. The van der Waals surface area contributed by atoms with Gasteiger partial charge in [-0.1, -0.05) is 11.2 Å². The van der Waals surface area contributed by atoms with Gasteiger partial charge in [0.25, 0.3) is 5.91 Å². The van der Waals surface area contributed by atoms with Gasteiger partial charge in [0.2, 0.25) is 6.39 Å². The van der Waals surface area contributed by atoms with E-state index in [-0.39, 0.29) is 5.91 Å². The first-order valence-corrected chi connectivity index (χ1v) is 5.53. The number of benzene rings is 1. The van der Waals surface area contributed by atoms with Crippen LogP contribution >= 0.6 is 12.6 Å². The summed E-state index contributed by atoms with van der Waals surface area (Å²) in [5, 5.41) is 6.42. The summed E-state index contributed by atoms with van der Waals surface area (Å²) in [6.07, 6.45) is 1.81. The number of hydrogen-bond acceptors (Lipinski definition) is 5. The molecular formula is C11H11N3O2S. The number of carbonyl (C=O) groups is 1. The summed E-state index contributed by atoms with van der Waals surface area (Å²) < 4.78 is 4.59. The second-order valence-corrected chi connectivity index (χ2v) is 3.92. The van der Waals surface area contributed by atoms with Crippen molar-refractivity contribution in [2.75, 3.05) is 6.54 Å². The van der Waals surface area contributed by atoms with Crippen LogP contribution < -0.4 is 5.32 Å². The summed E-state index contributed by atoms with van der Waals surface area (Å²) in [6, 6.07) is 7.06. The summed E-state index contributed by atoms with van der Waals surface area (Å²) in [5.41, 5.74) is 0.589. The van der Waals surface area contributed by atoms with E-state index in [0.717, 1.165) is 4.90 Å². The van der Waals surface area contributed by atoms with Crippen LogP contribution in [0.15, 0.2) is 40.1 Å². The molecule has 0 saturated carbocycles. The van der Waals surface area contributed by atoms with Crippen molar-refractivity contribution in [1.29, 1.82) is 0 Å². The Bertz CT molecular complexity index is 499. The van der Waals surface area contributed by atoms with Gasteiger partial charge in [0.1, 0.15) is 0 Å². The second-order valence-electron chi connectivity index (χ2n) is 3.40. The molecule has 1 amide bonds. The lowest BCUT2D eigenvalue weighted by Crippen LogP contribution is -2.25. The van der Waals surface area contributed by atoms with Crippen molar-refractivity contribution in [2.45, 2.75) is 11.3 Å². The predicted molar refractivity (Wildman–Crippen MR) is 64.0 cm³/mol. The molecule has 0 aliphatic carbocycles. The Labute approximate surface area is 104 Å². The van der Waals surface area contributed by atoms with Crippen molar-refractivity contribution in [3.05, 3.63) is 42.0 Å². The number of amides is 1. The van der Waals surface area contributed by atoms with Crippen molar-refractivity contribution >= 4 is 18.5 Å². The third-order valence-electron chi connectivity index (χ3n) is 2.15. The van der Waals surface area contributed by atoms with E-state index in [4.69, 9.17) is 0 Å². The van der Waals surface area contributed by atoms with Crippen LogP contribution in [0.1, 0.15) is 16.2 Å². The maximum absolute atomic E-state index is 11.7. The number of hydrogen-bond donors (Lipinski definition) is 2. The van der Waals surface area contributed by atoms with E-state index in [0.29, 0.717) is 24.4 Å². The lowest BCUT2D eigenvalue weighted by atomic mass is 10.2. The third kappa shape index (κ3) is 3.32. The maximum atomic E-state index is 11.7. The quantitative estimate of drug-likeness (QED) is 0.802. The van der Waals surface area contributed by atoms with Gasteiger partial charge in [-0.15, -0.1) is 12.6 Å². The van der Waals surface area contributed by atoms with Crippen molar-refractivity contribution in [1.82, 2.24) is 15.5 Å². The average molecular weight is 249 g/mol. The zero-order valence-electron chi connectivity index (χ0n) is 8.96. The fourth-order valence-electron chi connectivity index (χ4n) is 1.34. The molecule has 1 aromatic heterocycles. The standard InChI is InChI=1S/C11H11N3O2S/c15-11(8-2-1-3-9(17)6-8)12-5-4-10-13-7-16-14-10/h1-3,6-7,17H,4-5H2,(H,12,15). The Morgan fingerprint density at radius 2 is 2.35 bits per heavy atom. The van der Waals surface area contributed by atoms with Gasteiger partial charge in [0, 0.05) is 23.4 Å². The second kappa shape index (κ2) is 5.49. The van der Waals surface area contributed by atoms with Crippen molar-refractivity contribution in [3.8, 4) is 0 Å². The zero-order valence-corrected chi connectivity index (χ0v) is 9.85. The summed E-state index contributed by atoms with van der Waals surface area (Å²) in [7, 11) is 0. The zero-order chi connectivity index (χ0) is 12.1. The Balaban J connectivity index is 1.85. The van der Waals surface area contributed by atoms with Crippen LogP contribution in [0.5, 0.6) is 0 Å². The molecule has 0 fully saturated rings. The highest BCUT2D eigenvalue weighted by Gasteiger charge is 2.05. The third-order valence-corrected chi connectivity index (χ3v) is 2.43. The summed E-state index contributed by atoms with van der Waals surface area (Å²) in [6.45, 7) is 0.467. The minimum atomic E-state index is -0.135. The number of nitrogens with zero attached hydrogens (tertiary/aromatic N) is 2. The van der Waals surface area contributed by atoms with E-state index in [1.807, 2.05) is 6.07 Å². The van der Waals surface area contributed by atoms with Crippen LogP contribution in [0, 0.1) is 0 Å². The van der Waals surface area contributed by atoms with Gasteiger partial charge in [-0.2, -0.15) is 4.98 Å². The maximum Gasteiger partial charge on any atom is 0.251 e. The van der Waals surface area contributed by atoms with E-state index >= 15 is 0 Å². The fourth-order valence-corrected chi connectivity index (χ4v) is 1.56. The van der Waals surface area contributed by atoms with Crippen LogP contribution in [-0.4, -0.2) is 22.6 Å². The first-order valence-electron chi connectivity index (χ1n) is 5.08. The van der Waals surface area contributed by atoms with E-state index < -0.39 is 0 Å². The molecule has 1 heterocycles. The first-order chi connectivity index (χ1) is 8.25. The number of aromatic nitrogens is 2. The van der Waals surface area contributed by atoms with Gasteiger partial charge in [0.15, 0.2) is 5.82 Å². The Morgan fingerprint density at radius 3 is 3.06 bits per heavy atom. The SMILES string of the molecule is O=C(NCCc1ncon1)c1cccc(S)c1. The molecule has 1 aromatic carbocycles. The smallest absolute Gasteiger partial charge is 0.251 e. The van der Waals surface area contributed by atoms with E-state index in [1.165, 1.54) is 6.39 Å². The van der Waals surface area contributed by atoms with Crippen LogP contribution in [-0.2, 0) is 6.42 Å². The fraction of sp³-hybridized carbons (Fsp3) is 0.182.